The van der Waals surface area contributed by atoms with Gasteiger partial charge in [-0.15, -0.1) is 0 Å². The first-order valence-electron chi connectivity index (χ1n) is 6.63. The molecule has 0 aromatic heterocycles. The number of hydrogen-bond donors (Lipinski definition) is 1. The molecule has 2 nitrogen and oxygen atoms in total. The lowest BCUT2D eigenvalue weighted by Gasteiger charge is -2.30. The molecule has 1 fully saturated rings. The summed E-state index contributed by atoms with van der Waals surface area (Å²) in [5.74, 6) is 2.02. The zero-order valence-electron chi connectivity index (χ0n) is 11.0. The normalized spacial score (nSPS) is 25.8. The molecule has 2 rings (SSSR count). The van der Waals surface area contributed by atoms with Gasteiger partial charge in [-0.2, -0.15) is 0 Å². The Kier molecular flexibility index (Phi) is 4.68. The molecule has 0 amide bonds. The smallest absolute Gasteiger partial charge is 0.120 e. The van der Waals surface area contributed by atoms with Crippen LogP contribution >= 0.6 is 15.9 Å². The second-order valence-corrected chi connectivity index (χ2v) is 6.21. The molecule has 3 heteroatoms. The molecular formula is C15H21BrO2. The van der Waals surface area contributed by atoms with Gasteiger partial charge in [0.2, 0.25) is 0 Å². The Balaban J connectivity index is 2.11. The Morgan fingerprint density at radius 2 is 1.94 bits per heavy atom. The molecule has 1 saturated carbocycles. The van der Waals surface area contributed by atoms with Gasteiger partial charge >= 0.3 is 0 Å². The summed E-state index contributed by atoms with van der Waals surface area (Å²) in [6.07, 6.45) is 4.35. The van der Waals surface area contributed by atoms with E-state index in [1.54, 1.807) is 7.11 Å². The Hall–Kier alpha value is -0.540. The number of hydrogen-bond acceptors (Lipinski definition) is 2. The highest BCUT2D eigenvalue weighted by Crippen LogP contribution is 2.39. The van der Waals surface area contributed by atoms with E-state index in [-0.39, 0.29) is 6.10 Å². The fourth-order valence-electron chi connectivity index (χ4n) is 2.73. The monoisotopic (exact) mass is 312 g/mol. The predicted octanol–water partition coefficient (Wildman–Crippen LogP) is 4.32. The van der Waals surface area contributed by atoms with Crippen molar-refractivity contribution < 1.29 is 9.84 Å². The molecule has 1 aliphatic carbocycles. The standard InChI is InChI=1S/C15H21BrO2/c1-10-3-5-11(6-4-10)15(17)13-8-7-12(18-2)9-14(13)16/h7-11,15,17H,3-6H2,1-2H3. The first-order valence-corrected chi connectivity index (χ1v) is 7.42. The van der Waals surface area contributed by atoms with Crippen LogP contribution in [-0.2, 0) is 0 Å². The summed E-state index contributed by atoms with van der Waals surface area (Å²) in [5.41, 5.74) is 0.982. The summed E-state index contributed by atoms with van der Waals surface area (Å²) >= 11 is 3.53. The average molecular weight is 313 g/mol. The average Bonchev–Trinajstić information content (AvgIpc) is 2.38. The van der Waals surface area contributed by atoms with Gasteiger partial charge in [0.25, 0.3) is 0 Å². The minimum absolute atomic E-state index is 0.363. The Morgan fingerprint density at radius 1 is 1.28 bits per heavy atom. The highest BCUT2D eigenvalue weighted by Gasteiger charge is 2.26. The van der Waals surface area contributed by atoms with E-state index in [2.05, 4.69) is 22.9 Å². The maximum absolute atomic E-state index is 10.5. The van der Waals surface area contributed by atoms with Crippen molar-refractivity contribution in [2.45, 2.75) is 38.7 Å². The molecule has 0 radical (unpaired) electrons. The fourth-order valence-corrected chi connectivity index (χ4v) is 3.32. The molecular weight excluding hydrogens is 292 g/mol. The van der Waals surface area contributed by atoms with E-state index in [1.165, 1.54) is 12.8 Å². The molecule has 0 bridgehead atoms. The third kappa shape index (κ3) is 3.07. The molecule has 18 heavy (non-hydrogen) atoms. The van der Waals surface area contributed by atoms with Crippen LogP contribution in [0.3, 0.4) is 0 Å². The van der Waals surface area contributed by atoms with Crippen LogP contribution < -0.4 is 4.74 Å². The zero-order chi connectivity index (χ0) is 13.1. The fraction of sp³-hybridized carbons (Fsp3) is 0.600. The summed E-state index contributed by atoms with van der Waals surface area (Å²) in [7, 11) is 1.65. The first kappa shape index (κ1) is 13.9. The third-order valence-corrected chi connectivity index (χ3v) is 4.72. The van der Waals surface area contributed by atoms with Crippen molar-refractivity contribution in [3.8, 4) is 5.75 Å². The van der Waals surface area contributed by atoms with E-state index in [4.69, 9.17) is 4.74 Å². The van der Waals surface area contributed by atoms with E-state index < -0.39 is 0 Å². The number of rotatable bonds is 3. The number of benzene rings is 1. The minimum atomic E-state index is -0.363. The summed E-state index contributed by atoms with van der Waals surface area (Å²) < 4.78 is 6.12. The van der Waals surface area contributed by atoms with Gasteiger partial charge in [0.1, 0.15) is 5.75 Å². The molecule has 0 aliphatic heterocycles. The third-order valence-electron chi connectivity index (χ3n) is 4.03. The minimum Gasteiger partial charge on any atom is -0.497 e. The van der Waals surface area contributed by atoms with Crippen LogP contribution in [0.25, 0.3) is 0 Å². The molecule has 1 aliphatic rings. The van der Waals surface area contributed by atoms with Gasteiger partial charge in [0.15, 0.2) is 0 Å². The summed E-state index contributed by atoms with van der Waals surface area (Å²) in [5, 5.41) is 10.5. The molecule has 0 spiro atoms. The number of aliphatic hydroxyl groups is 1. The van der Waals surface area contributed by atoms with Crippen molar-refractivity contribution in [1.82, 2.24) is 0 Å². The molecule has 0 saturated heterocycles. The van der Waals surface area contributed by atoms with E-state index in [1.807, 2.05) is 18.2 Å². The highest BCUT2D eigenvalue weighted by atomic mass is 79.9. The van der Waals surface area contributed by atoms with Gasteiger partial charge in [0.05, 0.1) is 13.2 Å². The molecule has 1 N–H and O–H groups in total. The quantitative estimate of drug-likeness (QED) is 0.900. The second kappa shape index (κ2) is 6.07. The molecule has 1 unspecified atom stereocenters. The topological polar surface area (TPSA) is 29.5 Å². The largest absolute Gasteiger partial charge is 0.497 e. The Bertz CT molecular complexity index is 397. The van der Waals surface area contributed by atoms with Crippen molar-refractivity contribution >= 4 is 15.9 Å². The van der Waals surface area contributed by atoms with Crippen LogP contribution in [0.5, 0.6) is 5.75 Å². The maximum atomic E-state index is 10.5. The number of aliphatic hydroxyl groups excluding tert-OH is 1. The van der Waals surface area contributed by atoms with E-state index in [0.717, 1.165) is 34.5 Å². The second-order valence-electron chi connectivity index (χ2n) is 5.35. The lowest BCUT2D eigenvalue weighted by Crippen LogP contribution is -2.19. The molecule has 0 heterocycles. The first-order chi connectivity index (χ1) is 8.61. The Labute approximate surface area is 117 Å². The molecule has 1 aromatic carbocycles. The van der Waals surface area contributed by atoms with E-state index in [0.29, 0.717) is 5.92 Å². The van der Waals surface area contributed by atoms with Crippen LogP contribution in [0, 0.1) is 11.8 Å². The van der Waals surface area contributed by atoms with Gasteiger partial charge in [-0.25, -0.2) is 0 Å². The lowest BCUT2D eigenvalue weighted by molar-refractivity contribution is 0.0750. The van der Waals surface area contributed by atoms with Crippen LogP contribution in [0.2, 0.25) is 0 Å². The zero-order valence-corrected chi connectivity index (χ0v) is 12.6. The summed E-state index contributed by atoms with van der Waals surface area (Å²) in [6, 6.07) is 5.80. The summed E-state index contributed by atoms with van der Waals surface area (Å²) in [6.45, 7) is 2.30. The van der Waals surface area contributed by atoms with Crippen molar-refractivity contribution in [2.75, 3.05) is 7.11 Å². The van der Waals surface area contributed by atoms with Crippen LogP contribution in [0.15, 0.2) is 22.7 Å². The number of ether oxygens (including phenoxy) is 1. The van der Waals surface area contributed by atoms with Gasteiger partial charge in [-0.3, -0.25) is 0 Å². The van der Waals surface area contributed by atoms with Gasteiger partial charge < -0.3 is 9.84 Å². The summed E-state index contributed by atoms with van der Waals surface area (Å²) in [4.78, 5) is 0. The van der Waals surface area contributed by atoms with Crippen LogP contribution in [-0.4, -0.2) is 12.2 Å². The van der Waals surface area contributed by atoms with Crippen molar-refractivity contribution in [3.05, 3.63) is 28.2 Å². The predicted molar refractivity (Wildman–Crippen MR) is 76.8 cm³/mol. The number of halogens is 1. The van der Waals surface area contributed by atoms with Gasteiger partial charge in [0, 0.05) is 4.47 Å². The number of methoxy groups -OCH3 is 1. The van der Waals surface area contributed by atoms with Crippen molar-refractivity contribution in [2.24, 2.45) is 11.8 Å². The SMILES string of the molecule is COc1ccc(C(O)C2CCC(C)CC2)c(Br)c1. The van der Waals surface area contributed by atoms with Crippen LogP contribution in [0.4, 0.5) is 0 Å². The molecule has 1 aromatic rings. The van der Waals surface area contributed by atoms with Gasteiger partial charge in [-0.1, -0.05) is 41.8 Å². The van der Waals surface area contributed by atoms with Gasteiger partial charge in [-0.05, 0) is 42.4 Å². The van der Waals surface area contributed by atoms with Crippen molar-refractivity contribution in [1.29, 1.82) is 0 Å². The Morgan fingerprint density at radius 3 is 2.50 bits per heavy atom. The maximum Gasteiger partial charge on any atom is 0.120 e. The molecule has 1 atom stereocenters. The van der Waals surface area contributed by atoms with Crippen LogP contribution in [0.1, 0.15) is 44.3 Å². The van der Waals surface area contributed by atoms with E-state index >= 15 is 0 Å². The van der Waals surface area contributed by atoms with Crippen molar-refractivity contribution in [3.63, 3.8) is 0 Å². The molecule has 100 valence electrons. The van der Waals surface area contributed by atoms with E-state index in [9.17, 15) is 5.11 Å². The highest BCUT2D eigenvalue weighted by molar-refractivity contribution is 9.10. The lowest BCUT2D eigenvalue weighted by atomic mass is 9.78.